The Morgan fingerprint density at radius 1 is 1.35 bits per heavy atom. The molecule has 0 saturated heterocycles. The lowest BCUT2D eigenvalue weighted by molar-refractivity contribution is 0.0793. The number of ether oxygens (including phenoxy) is 2. The van der Waals surface area contributed by atoms with Crippen molar-refractivity contribution in [3.63, 3.8) is 0 Å². The van der Waals surface area contributed by atoms with Crippen molar-refractivity contribution < 1.29 is 9.47 Å². The molecule has 0 spiro atoms. The van der Waals surface area contributed by atoms with Gasteiger partial charge in [-0.05, 0) is 18.2 Å². The predicted octanol–water partition coefficient (Wildman–Crippen LogP) is 1.38. The SMILES string of the molecule is C=C[C@]1(C2=NCCN2)COc2ccccc2O1. The molecule has 0 bridgehead atoms. The summed E-state index contributed by atoms with van der Waals surface area (Å²) in [4.78, 5) is 4.40. The lowest BCUT2D eigenvalue weighted by Gasteiger charge is -2.35. The molecule has 0 radical (unpaired) electrons. The third kappa shape index (κ3) is 1.56. The van der Waals surface area contributed by atoms with E-state index in [1.54, 1.807) is 6.08 Å². The Morgan fingerprint density at radius 2 is 2.18 bits per heavy atom. The summed E-state index contributed by atoms with van der Waals surface area (Å²) < 4.78 is 11.7. The average Bonchev–Trinajstić information content (AvgIpc) is 2.92. The maximum Gasteiger partial charge on any atom is 0.217 e. The fourth-order valence-electron chi connectivity index (χ4n) is 2.06. The van der Waals surface area contributed by atoms with Gasteiger partial charge in [-0.3, -0.25) is 4.99 Å². The molecule has 0 amide bonds. The molecule has 88 valence electrons. The van der Waals surface area contributed by atoms with Gasteiger partial charge in [0.1, 0.15) is 12.4 Å². The van der Waals surface area contributed by atoms with Crippen molar-refractivity contribution >= 4 is 5.84 Å². The summed E-state index contributed by atoms with van der Waals surface area (Å²) in [6.45, 7) is 5.87. The minimum absolute atomic E-state index is 0.402. The second-order valence-corrected chi connectivity index (χ2v) is 4.09. The van der Waals surface area contributed by atoms with E-state index in [4.69, 9.17) is 9.47 Å². The number of nitrogens with zero attached hydrogens (tertiary/aromatic N) is 1. The summed E-state index contributed by atoms with van der Waals surface area (Å²) >= 11 is 0. The molecular formula is C13H14N2O2. The molecule has 2 heterocycles. The Bertz CT molecular complexity index is 484. The topological polar surface area (TPSA) is 42.9 Å². The van der Waals surface area contributed by atoms with Gasteiger partial charge in [0.2, 0.25) is 5.60 Å². The average molecular weight is 230 g/mol. The molecule has 2 aliphatic rings. The molecule has 0 fully saturated rings. The van der Waals surface area contributed by atoms with Gasteiger partial charge in [-0.1, -0.05) is 18.7 Å². The van der Waals surface area contributed by atoms with Gasteiger partial charge in [0, 0.05) is 6.54 Å². The number of amidine groups is 1. The number of benzene rings is 1. The van der Waals surface area contributed by atoms with Gasteiger partial charge in [-0.25, -0.2) is 0 Å². The maximum atomic E-state index is 6.02. The van der Waals surface area contributed by atoms with Crippen molar-refractivity contribution in [2.75, 3.05) is 19.7 Å². The van der Waals surface area contributed by atoms with Crippen molar-refractivity contribution in [2.24, 2.45) is 4.99 Å². The van der Waals surface area contributed by atoms with E-state index in [0.29, 0.717) is 6.61 Å². The van der Waals surface area contributed by atoms with Crippen LogP contribution in [0.3, 0.4) is 0 Å². The van der Waals surface area contributed by atoms with Gasteiger partial charge < -0.3 is 14.8 Å². The first-order chi connectivity index (χ1) is 8.34. The molecule has 4 heteroatoms. The molecule has 1 atom stereocenters. The number of hydrogen-bond donors (Lipinski definition) is 1. The van der Waals surface area contributed by atoms with Crippen LogP contribution in [0.15, 0.2) is 41.9 Å². The number of fused-ring (bicyclic) bond motifs is 1. The van der Waals surface area contributed by atoms with E-state index in [0.717, 1.165) is 30.4 Å². The Labute approximate surface area is 100.0 Å². The van der Waals surface area contributed by atoms with Crippen LogP contribution >= 0.6 is 0 Å². The van der Waals surface area contributed by atoms with Gasteiger partial charge in [-0.15, -0.1) is 0 Å². The molecule has 0 unspecified atom stereocenters. The van der Waals surface area contributed by atoms with E-state index in [-0.39, 0.29) is 0 Å². The number of hydrogen-bond acceptors (Lipinski definition) is 4. The first-order valence-electron chi connectivity index (χ1n) is 5.67. The van der Waals surface area contributed by atoms with E-state index in [1.165, 1.54) is 0 Å². The van der Waals surface area contributed by atoms with Gasteiger partial charge in [-0.2, -0.15) is 0 Å². The maximum absolute atomic E-state index is 6.02. The quantitative estimate of drug-likeness (QED) is 0.781. The van der Waals surface area contributed by atoms with Crippen LogP contribution in [0, 0.1) is 0 Å². The second-order valence-electron chi connectivity index (χ2n) is 4.09. The van der Waals surface area contributed by atoms with Crippen molar-refractivity contribution in [3.8, 4) is 11.5 Å². The van der Waals surface area contributed by atoms with Crippen LogP contribution in [-0.4, -0.2) is 31.1 Å². The highest BCUT2D eigenvalue weighted by atomic mass is 16.6. The Hall–Kier alpha value is -1.97. The Kier molecular flexibility index (Phi) is 2.28. The summed E-state index contributed by atoms with van der Waals surface area (Å²) in [5, 5.41) is 3.22. The van der Waals surface area contributed by atoms with Gasteiger partial charge in [0.05, 0.1) is 6.54 Å². The van der Waals surface area contributed by atoms with Crippen molar-refractivity contribution in [1.82, 2.24) is 5.32 Å². The van der Waals surface area contributed by atoms with Crippen LogP contribution in [0.2, 0.25) is 0 Å². The van der Waals surface area contributed by atoms with Gasteiger partial charge in [0.25, 0.3) is 0 Å². The predicted molar refractivity (Wildman–Crippen MR) is 65.8 cm³/mol. The van der Waals surface area contributed by atoms with Gasteiger partial charge in [0.15, 0.2) is 11.5 Å². The summed E-state index contributed by atoms with van der Waals surface area (Å²) in [5.74, 6) is 2.31. The zero-order chi connectivity index (χ0) is 11.7. The largest absolute Gasteiger partial charge is 0.485 e. The third-order valence-electron chi connectivity index (χ3n) is 2.99. The molecule has 0 aliphatic carbocycles. The molecule has 4 nitrogen and oxygen atoms in total. The lowest BCUT2D eigenvalue weighted by atomic mass is 10.0. The number of para-hydroxylation sites is 2. The molecule has 2 aliphatic heterocycles. The lowest BCUT2D eigenvalue weighted by Crippen LogP contribution is -2.54. The molecule has 0 saturated carbocycles. The summed E-state index contributed by atoms with van der Waals surface area (Å²) in [5.41, 5.74) is -0.676. The molecule has 1 aromatic rings. The van der Waals surface area contributed by atoms with Crippen LogP contribution in [0.25, 0.3) is 0 Å². The van der Waals surface area contributed by atoms with E-state index >= 15 is 0 Å². The zero-order valence-corrected chi connectivity index (χ0v) is 9.48. The van der Waals surface area contributed by atoms with E-state index < -0.39 is 5.60 Å². The molecule has 1 N–H and O–H groups in total. The van der Waals surface area contributed by atoms with Crippen LogP contribution in [0.4, 0.5) is 0 Å². The van der Waals surface area contributed by atoms with Crippen LogP contribution in [0.5, 0.6) is 11.5 Å². The number of aliphatic imine (C=N–C) groups is 1. The standard InChI is InChI=1S/C13H14N2O2/c1-2-13(12-14-7-8-15-12)9-16-10-5-3-4-6-11(10)17-13/h2-6H,1,7-9H2,(H,14,15)/t13-/m1/s1. The highest BCUT2D eigenvalue weighted by molar-refractivity contribution is 5.94. The molecule has 1 aromatic carbocycles. The van der Waals surface area contributed by atoms with E-state index in [9.17, 15) is 0 Å². The smallest absolute Gasteiger partial charge is 0.217 e. The second kappa shape index (κ2) is 3.80. The van der Waals surface area contributed by atoms with Crippen LogP contribution in [-0.2, 0) is 0 Å². The zero-order valence-electron chi connectivity index (χ0n) is 9.48. The highest BCUT2D eigenvalue weighted by Crippen LogP contribution is 2.35. The molecular weight excluding hydrogens is 216 g/mol. The first-order valence-corrected chi connectivity index (χ1v) is 5.67. The Morgan fingerprint density at radius 3 is 2.88 bits per heavy atom. The third-order valence-corrected chi connectivity index (χ3v) is 2.99. The van der Waals surface area contributed by atoms with Gasteiger partial charge >= 0.3 is 0 Å². The van der Waals surface area contributed by atoms with Crippen LogP contribution < -0.4 is 14.8 Å². The molecule has 0 aromatic heterocycles. The van der Waals surface area contributed by atoms with Crippen LogP contribution in [0.1, 0.15) is 0 Å². The first kappa shape index (κ1) is 10.2. The van der Waals surface area contributed by atoms with E-state index in [2.05, 4.69) is 16.9 Å². The Balaban J connectivity index is 1.97. The van der Waals surface area contributed by atoms with E-state index in [1.807, 2.05) is 24.3 Å². The minimum atomic E-state index is -0.676. The number of nitrogens with one attached hydrogen (secondary N) is 1. The highest BCUT2D eigenvalue weighted by Gasteiger charge is 2.41. The summed E-state index contributed by atoms with van der Waals surface area (Å²) in [6, 6.07) is 7.63. The van der Waals surface area contributed by atoms with Crippen molar-refractivity contribution in [3.05, 3.63) is 36.9 Å². The van der Waals surface area contributed by atoms with Crippen molar-refractivity contribution in [1.29, 1.82) is 0 Å². The van der Waals surface area contributed by atoms with Crippen molar-refractivity contribution in [2.45, 2.75) is 5.60 Å². The number of rotatable bonds is 2. The minimum Gasteiger partial charge on any atom is -0.485 e. The monoisotopic (exact) mass is 230 g/mol. The fourth-order valence-corrected chi connectivity index (χ4v) is 2.06. The molecule has 3 rings (SSSR count). The summed E-state index contributed by atoms with van der Waals surface area (Å²) in [6.07, 6.45) is 1.75. The summed E-state index contributed by atoms with van der Waals surface area (Å²) in [7, 11) is 0. The fraction of sp³-hybridized carbons (Fsp3) is 0.308. The normalized spacial score (nSPS) is 26.0. The molecule has 17 heavy (non-hydrogen) atoms.